The molecule has 3 rings (SSSR count). The highest BCUT2D eigenvalue weighted by atomic mass is 19.1. The molecule has 1 aliphatic heterocycles. The molecule has 9 nitrogen and oxygen atoms in total. The van der Waals surface area contributed by atoms with Crippen LogP contribution in [0.25, 0.3) is 11.0 Å². The van der Waals surface area contributed by atoms with Crippen LogP contribution in [0.4, 0.5) is 4.39 Å². The van der Waals surface area contributed by atoms with Crippen molar-refractivity contribution in [1.29, 1.82) is 0 Å². The van der Waals surface area contributed by atoms with E-state index in [9.17, 15) is 24.2 Å². The lowest BCUT2D eigenvalue weighted by Gasteiger charge is -2.17. The van der Waals surface area contributed by atoms with Gasteiger partial charge in [0, 0.05) is 12.4 Å². The van der Waals surface area contributed by atoms with Crippen LogP contribution in [0.3, 0.4) is 0 Å². The zero-order valence-electron chi connectivity index (χ0n) is 11.0. The van der Waals surface area contributed by atoms with Gasteiger partial charge < -0.3 is 25.0 Å². The van der Waals surface area contributed by atoms with Gasteiger partial charge in [-0.2, -0.15) is 4.98 Å². The Labute approximate surface area is 121 Å². The number of hydrogen-bond donors (Lipinski definition) is 4. The molecule has 2 aromatic heterocycles. The molecule has 2 aromatic rings. The summed E-state index contributed by atoms with van der Waals surface area (Å²) in [5.74, 6) is -1.05. The van der Waals surface area contributed by atoms with E-state index in [0.29, 0.717) is 0 Å². The maximum Gasteiger partial charge on any atom is 0.351 e. The number of ether oxygens (including phenoxy) is 1. The number of H-pyrrole nitrogens is 1. The highest BCUT2D eigenvalue weighted by Crippen LogP contribution is 2.28. The second-order valence-electron chi connectivity index (χ2n) is 4.89. The summed E-state index contributed by atoms with van der Waals surface area (Å²) in [6.45, 7) is -0.570. The normalized spacial score (nSPS) is 28.4. The first-order chi connectivity index (χ1) is 10.4. The molecule has 118 valence electrons. The fourth-order valence-corrected chi connectivity index (χ4v) is 2.36. The smallest absolute Gasteiger partial charge is 0.351 e. The summed E-state index contributed by atoms with van der Waals surface area (Å²) in [5, 5.41) is 28.4. The third-order valence-electron chi connectivity index (χ3n) is 3.54. The summed E-state index contributed by atoms with van der Waals surface area (Å²) >= 11 is 0. The molecule has 1 saturated heterocycles. The lowest BCUT2D eigenvalue weighted by Crippen LogP contribution is -2.36. The van der Waals surface area contributed by atoms with Gasteiger partial charge in [0.15, 0.2) is 12.0 Å². The molecule has 1 aliphatic rings. The summed E-state index contributed by atoms with van der Waals surface area (Å²) in [5.41, 5.74) is -1.95. The van der Waals surface area contributed by atoms with Crippen LogP contribution in [0.15, 0.2) is 22.0 Å². The molecule has 1 unspecified atom stereocenters. The van der Waals surface area contributed by atoms with E-state index >= 15 is 0 Å². The Morgan fingerprint density at radius 1 is 1.36 bits per heavy atom. The predicted molar refractivity (Wildman–Crippen MR) is 69.6 cm³/mol. The molecule has 0 radical (unpaired) electrons. The van der Waals surface area contributed by atoms with E-state index in [1.807, 2.05) is 0 Å². The second-order valence-corrected chi connectivity index (χ2v) is 4.89. The maximum atomic E-state index is 13.3. The number of aromatic amines is 1. The number of rotatable bonds is 2. The summed E-state index contributed by atoms with van der Waals surface area (Å²) < 4.78 is 19.3. The fourth-order valence-electron chi connectivity index (χ4n) is 2.36. The van der Waals surface area contributed by atoms with Gasteiger partial charge in [-0.3, -0.25) is 9.36 Å². The molecule has 0 aliphatic carbocycles. The third-order valence-corrected chi connectivity index (χ3v) is 3.54. The van der Waals surface area contributed by atoms with Crippen molar-refractivity contribution in [2.45, 2.75) is 24.5 Å². The minimum absolute atomic E-state index is 0.112. The van der Waals surface area contributed by atoms with Gasteiger partial charge in [0.05, 0.1) is 12.0 Å². The SMILES string of the molecule is O=c1c(F)c[nH]c2nc(=O)n([C@@H]3O[C@H](CO)C(O)[C@@H]3O)cc12. The summed E-state index contributed by atoms with van der Waals surface area (Å²) in [4.78, 5) is 29.6. The number of nitrogens with zero attached hydrogens (tertiary/aromatic N) is 2. The van der Waals surface area contributed by atoms with E-state index in [1.165, 1.54) is 0 Å². The van der Waals surface area contributed by atoms with E-state index in [1.54, 1.807) is 0 Å². The number of hydrogen-bond acceptors (Lipinski definition) is 7. The van der Waals surface area contributed by atoms with Crippen LogP contribution in [-0.4, -0.2) is 54.8 Å². The van der Waals surface area contributed by atoms with E-state index in [-0.39, 0.29) is 11.0 Å². The Morgan fingerprint density at radius 2 is 2.09 bits per heavy atom. The molecule has 0 saturated carbocycles. The fraction of sp³-hybridized carbons (Fsp3) is 0.417. The van der Waals surface area contributed by atoms with Crippen LogP contribution in [0, 0.1) is 5.82 Å². The van der Waals surface area contributed by atoms with Crippen LogP contribution in [-0.2, 0) is 4.74 Å². The van der Waals surface area contributed by atoms with Gasteiger partial charge in [0.2, 0.25) is 5.43 Å². The van der Waals surface area contributed by atoms with Crippen molar-refractivity contribution in [2.75, 3.05) is 6.61 Å². The largest absolute Gasteiger partial charge is 0.394 e. The molecule has 3 heterocycles. The van der Waals surface area contributed by atoms with Crippen molar-refractivity contribution in [2.24, 2.45) is 0 Å². The molecule has 4 N–H and O–H groups in total. The van der Waals surface area contributed by atoms with Gasteiger partial charge in [-0.05, 0) is 0 Å². The zero-order valence-corrected chi connectivity index (χ0v) is 11.0. The molecule has 0 amide bonds. The lowest BCUT2D eigenvalue weighted by atomic mass is 10.1. The first kappa shape index (κ1) is 14.8. The van der Waals surface area contributed by atoms with Gasteiger partial charge >= 0.3 is 5.69 Å². The number of aliphatic hydroxyl groups excluding tert-OH is 3. The number of nitrogens with one attached hydrogen (secondary N) is 1. The minimum atomic E-state index is -1.51. The summed E-state index contributed by atoms with van der Waals surface area (Å²) in [6.07, 6.45) is -3.58. The molecular weight excluding hydrogens is 301 g/mol. The molecule has 22 heavy (non-hydrogen) atoms. The highest BCUT2D eigenvalue weighted by molar-refractivity contribution is 5.72. The standard InChI is InChI=1S/C12H12FN3O6/c13-5-1-14-10-4(7(5)18)2-16(12(21)15-10)11-9(20)8(19)6(3-17)22-11/h1-2,6,8-9,11,17,19-20H,3H2,(H,14,15,21)/t6-,8?,9+,11-/m1/s1. The first-order valence-electron chi connectivity index (χ1n) is 6.36. The Hall–Kier alpha value is -2.14. The van der Waals surface area contributed by atoms with Crippen molar-refractivity contribution < 1.29 is 24.4 Å². The summed E-state index contributed by atoms with van der Waals surface area (Å²) in [7, 11) is 0. The summed E-state index contributed by atoms with van der Waals surface area (Å²) in [6, 6.07) is 0. The quantitative estimate of drug-likeness (QED) is 0.495. The predicted octanol–water partition coefficient (Wildman–Crippen LogP) is -2.16. The van der Waals surface area contributed by atoms with Gasteiger partial charge in [-0.1, -0.05) is 0 Å². The van der Waals surface area contributed by atoms with Crippen LogP contribution in [0.5, 0.6) is 0 Å². The Bertz CT molecular complexity index is 834. The van der Waals surface area contributed by atoms with Crippen LogP contribution < -0.4 is 11.1 Å². The van der Waals surface area contributed by atoms with Crippen molar-refractivity contribution in [3.63, 3.8) is 0 Å². The molecule has 0 spiro atoms. The van der Waals surface area contributed by atoms with Crippen molar-refractivity contribution in [3.05, 3.63) is 38.9 Å². The highest BCUT2D eigenvalue weighted by Gasteiger charge is 2.43. The zero-order chi connectivity index (χ0) is 16.0. The number of halogens is 1. The molecule has 0 bridgehead atoms. The van der Waals surface area contributed by atoms with E-state index in [4.69, 9.17) is 9.84 Å². The number of pyridine rings is 1. The van der Waals surface area contributed by atoms with Crippen molar-refractivity contribution in [1.82, 2.24) is 14.5 Å². The van der Waals surface area contributed by atoms with Crippen LogP contribution in [0.1, 0.15) is 6.23 Å². The van der Waals surface area contributed by atoms with Gasteiger partial charge in [0.1, 0.15) is 24.0 Å². The molecule has 4 atom stereocenters. The van der Waals surface area contributed by atoms with Crippen LogP contribution >= 0.6 is 0 Å². The van der Waals surface area contributed by atoms with E-state index in [2.05, 4.69) is 9.97 Å². The Morgan fingerprint density at radius 3 is 2.73 bits per heavy atom. The molecule has 0 aromatic carbocycles. The topological polar surface area (TPSA) is 138 Å². The second kappa shape index (κ2) is 5.25. The number of aliphatic hydroxyl groups is 3. The Kier molecular flexibility index (Phi) is 3.53. The molecule has 1 fully saturated rings. The van der Waals surface area contributed by atoms with Gasteiger partial charge in [-0.25, -0.2) is 9.18 Å². The molecule has 10 heteroatoms. The average Bonchev–Trinajstić information content (AvgIpc) is 2.79. The molecular formula is C12H12FN3O6. The van der Waals surface area contributed by atoms with Gasteiger partial charge in [-0.15, -0.1) is 0 Å². The van der Waals surface area contributed by atoms with Crippen molar-refractivity contribution in [3.8, 4) is 0 Å². The number of aromatic nitrogens is 3. The van der Waals surface area contributed by atoms with E-state index < -0.39 is 48.1 Å². The minimum Gasteiger partial charge on any atom is -0.394 e. The number of fused-ring (bicyclic) bond motifs is 1. The van der Waals surface area contributed by atoms with Crippen LogP contribution in [0.2, 0.25) is 0 Å². The van der Waals surface area contributed by atoms with Gasteiger partial charge in [0.25, 0.3) is 0 Å². The lowest BCUT2D eigenvalue weighted by molar-refractivity contribution is -0.0547. The monoisotopic (exact) mass is 313 g/mol. The third kappa shape index (κ3) is 2.13. The van der Waals surface area contributed by atoms with Crippen molar-refractivity contribution >= 4 is 11.0 Å². The maximum absolute atomic E-state index is 13.3. The Balaban J connectivity index is 2.16. The average molecular weight is 313 g/mol. The van der Waals surface area contributed by atoms with E-state index in [0.717, 1.165) is 17.0 Å². The first-order valence-corrected chi connectivity index (χ1v) is 6.36.